The molecule has 1 N–H and O–H groups in total. The molecule has 4 rings (SSSR count). The maximum absolute atomic E-state index is 13.0. The van der Waals surface area contributed by atoms with Crippen molar-refractivity contribution >= 4 is 11.6 Å². The van der Waals surface area contributed by atoms with Crippen LogP contribution in [-0.2, 0) is 11.8 Å². The summed E-state index contributed by atoms with van der Waals surface area (Å²) in [7, 11) is 1.53. The van der Waals surface area contributed by atoms with Gasteiger partial charge in [0.2, 0.25) is 5.91 Å². The molecule has 0 bridgehead atoms. The molecule has 2 aromatic rings. The number of anilines is 1. The van der Waals surface area contributed by atoms with Gasteiger partial charge in [-0.2, -0.15) is 0 Å². The van der Waals surface area contributed by atoms with Crippen molar-refractivity contribution in [1.82, 2.24) is 19.4 Å². The van der Waals surface area contributed by atoms with Gasteiger partial charge in [0.25, 0.3) is 5.56 Å². The van der Waals surface area contributed by atoms with Gasteiger partial charge in [0.1, 0.15) is 5.69 Å². The fourth-order valence-electron chi connectivity index (χ4n) is 5.25. The van der Waals surface area contributed by atoms with Crippen LogP contribution in [0.2, 0.25) is 0 Å². The van der Waals surface area contributed by atoms with Crippen molar-refractivity contribution in [2.75, 3.05) is 44.2 Å². The first-order valence-corrected chi connectivity index (χ1v) is 12.6. The van der Waals surface area contributed by atoms with Gasteiger partial charge in [-0.1, -0.05) is 31.0 Å². The molecule has 184 valence electrons. The molecule has 3 heterocycles. The predicted octanol–water partition coefficient (Wildman–Crippen LogP) is 2.05. The van der Waals surface area contributed by atoms with E-state index >= 15 is 0 Å². The number of carbonyl (C=O) groups is 1. The number of amides is 1. The monoisotopic (exact) mass is 467 g/mol. The second-order valence-corrected chi connectivity index (χ2v) is 9.56. The molecule has 8 nitrogen and oxygen atoms in total. The maximum Gasteiger partial charge on any atom is 0.335 e. The third kappa shape index (κ3) is 5.27. The number of nitrogens with one attached hydrogen (secondary N) is 1. The van der Waals surface area contributed by atoms with Crippen molar-refractivity contribution in [2.24, 2.45) is 13.0 Å². The lowest BCUT2D eigenvalue weighted by Gasteiger charge is -2.34. The molecule has 8 heteroatoms. The molecule has 34 heavy (non-hydrogen) atoms. The molecule has 2 aliphatic rings. The summed E-state index contributed by atoms with van der Waals surface area (Å²) in [5.74, 6) is 0.0814. The standard InChI is InChI=1S/C26H37N5O3/c1-20-23(25(33)28(2)26(34)31(20)22-10-6-5-7-11-22)30-17-12-21(13-18-30)24(32)27-14-19-29-15-8-3-4-9-16-29/h5-7,10-11,21H,3-4,8-9,12-19H2,1-2H3,(H,27,32). The van der Waals surface area contributed by atoms with E-state index < -0.39 is 0 Å². The van der Waals surface area contributed by atoms with Crippen LogP contribution in [0.1, 0.15) is 44.2 Å². The average Bonchev–Trinajstić information content (AvgIpc) is 3.13. The Balaban J connectivity index is 1.40. The van der Waals surface area contributed by atoms with E-state index in [4.69, 9.17) is 0 Å². The Morgan fingerprint density at radius 3 is 2.26 bits per heavy atom. The smallest absolute Gasteiger partial charge is 0.335 e. The van der Waals surface area contributed by atoms with E-state index in [9.17, 15) is 14.4 Å². The summed E-state index contributed by atoms with van der Waals surface area (Å²) < 4.78 is 2.77. The van der Waals surface area contributed by atoms with E-state index in [1.165, 1.54) is 37.3 Å². The summed E-state index contributed by atoms with van der Waals surface area (Å²) in [5, 5.41) is 3.13. The Labute approximate surface area is 201 Å². The van der Waals surface area contributed by atoms with Gasteiger partial charge in [-0.25, -0.2) is 4.79 Å². The van der Waals surface area contributed by atoms with Gasteiger partial charge in [-0.05, 0) is 57.8 Å². The van der Waals surface area contributed by atoms with E-state index in [2.05, 4.69) is 10.2 Å². The number of rotatable bonds is 6. The van der Waals surface area contributed by atoms with Gasteiger partial charge < -0.3 is 15.1 Å². The lowest BCUT2D eigenvalue weighted by molar-refractivity contribution is -0.125. The molecule has 1 amide bonds. The average molecular weight is 468 g/mol. The summed E-state index contributed by atoms with van der Waals surface area (Å²) >= 11 is 0. The molecule has 0 spiro atoms. The second-order valence-electron chi connectivity index (χ2n) is 9.56. The molecule has 2 fully saturated rings. The number of likely N-dealkylation sites (tertiary alicyclic amines) is 1. The third-order valence-corrected chi connectivity index (χ3v) is 7.29. The first-order chi connectivity index (χ1) is 16.5. The molecule has 2 aliphatic heterocycles. The molecule has 0 atom stereocenters. The number of hydrogen-bond acceptors (Lipinski definition) is 5. The molecule has 0 aliphatic carbocycles. The molecule has 1 aromatic heterocycles. The summed E-state index contributed by atoms with van der Waals surface area (Å²) in [4.78, 5) is 43.2. The van der Waals surface area contributed by atoms with Crippen molar-refractivity contribution in [3.63, 3.8) is 0 Å². The van der Waals surface area contributed by atoms with Crippen molar-refractivity contribution in [2.45, 2.75) is 45.4 Å². The molecular weight excluding hydrogens is 430 g/mol. The number of aromatic nitrogens is 2. The Morgan fingerprint density at radius 1 is 0.971 bits per heavy atom. The fourth-order valence-corrected chi connectivity index (χ4v) is 5.25. The van der Waals surface area contributed by atoms with Gasteiger partial charge in [-0.15, -0.1) is 0 Å². The topological polar surface area (TPSA) is 79.6 Å². The molecular formula is C26H37N5O3. The number of hydrogen-bond donors (Lipinski definition) is 1. The van der Waals surface area contributed by atoms with Crippen molar-refractivity contribution in [3.05, 3.63) is 56.9 Å². The van der Waals surface area contributed by atoms with Crippen LogP contribution in [0.25, 0.3) is 5.69 Å². The highest BCUT2D eigenvalue weighted by molar-refractivity contribution is 5.79. The quantitative estimate of drug-likeness (QED) is 0.704. The zero-order chi connectivity index (χ0) is 24.1. The largest absolute Gasteiger partial charge is 0.366 e. The highest BCUT2D eigenvalue weighted by Crippen LogP contribution is 2.24. The fraction of sp³-hybridized carbons (Fsp3) is 0.577. The van der Waals surface area contributed by atoms with Gasteiger partial charge in [0.15, 0.2) is 0 Å². The number of nitrogens with zero attached hydrogens (tertiary/aromatic N) is 4. The van der Waals surface area contributed by atoms with Gasteiger partial charge in [-0.3, -0.25) is 18.7 Å². The third-order valence-electron chi connectivity index (χ3n) is 7.29. The minimum absolute atomic E-state index is 0.0374. The lowest BCUT2D eigenvalue weighted by atomic mass is 9.95. The van der Waals surface area contributed by atoms with E-state index in [0.717, 1.165) is 25.3 Å². The minimum Gasteiger partial charge on any atom is -0.366 e. The molecule has 1 aromatic carbocycles. The molecule has 0 radical (unpaired) electrons. The summed E-state index contributed by atoms with van der Waals surface area (Å²) in [6.07, 6.45) is 6.52. The number of benzene rings is 1. The first kappa shape index (κ1) is 24.3. The summed E-state index contributed by atoms with van der Waals surface area (Å²) in [5.41, 5.74) is 1.29. The predicted molar refractivity (Wildman–Crippen MR) is 135 cm³/mol. The first-order valence-electron chi connectivity index (χ1n) is 12.6. The molecule has 2 saturated heterocycles. The normalized spacial score (nSPS) is 18.0. The summed E-state index contributed by atoms with van der Waals surface area (Å²) in [6.45, 7) is 6.94. The minimum atomic E-state index is -0.351. The van der Waals surface area contributed by atoms with Crippen LogP contribution in [0.15, 0.2) is 39.9 Å². The van der Waals surface area contributed by atoms with Crippen LogP contribution in [0.3, 0.4) is 0 Å². The van der Waals surface area contributed by atoms with Crippen molar-refractivity contribution in [1.29, 1.82) is 0 Å². The highest BCUT2D eigenvalue weighted by Gasteiger charge is 2.28. The van der Waals surface area contributed by atoms with E-state index in [1.807, 2.05) is 42.2 Å². The van der Waals surface area contributed by atoms with Gasteiger partial charge >= 0.3 is 5.69 Å². The van der Waals surface area contributed by atoms with E-state index in [1.54, 1.807) is 4.57 Å². The second kappa shape index (κ2) is 11.0. The Bertz CT molecular complexity index is 1090. The highest BCUT2D eigenvalue weighted by atomic mass is 16.2. The molecule has 0 saturated carbocycles. The van der Waals surface area contributed by atoms with Crippen molar-refractivity contribution in [3.8, 4) is 5.69 Å². The Hall–Kier alpha value is -2.87. The van der Waals surface area contributed by atoms with Gasteiger partial charge in [0, 0.05) is 39.1 Å². The van der Waals surface area contributed by atoms with Crippen LogP contribution in [0.5, 0.6) is 0 Å². The Morgan fingerprint density at radius 2 is 1.62 bits per heavy atom. The lowest BCUT2D eigenvalue weighted by Crippen LogP contribution is -2.47. The SMILES string of the molecule is Cc1c(N2CCC(C(=O)NCCN3CCCCCC3)CC2)c(=O)n(C)c(=O)n1-c1ccccc1. The number of carbonyl (C=O) groups excluding carboxylic acids is 1. The van der Waals surface area contributed by atoms with Crippen LogP contribution in [0, 0.1) is 12.8 Å². The van der Waals surface area contributed by atoms with Crippen LogP contribution in [-0.4, -0.2) is 59.2 Å². The van der Waals surface area contributed by atoms with E-state index in [0.29, 0.717) is 43.9 Å². The van der Waals surface area contributed by atoms with Crippen LogP contribution in [0.4, 0.5) is 5.69 Å². The zero-order valence-corrected chi connectivity index (χ0v) is 20.5. The zero-order valence-electron chi connectivity index (χ0n) is 20.5. The van der Waals surface area contributed by atoms with Crippen molar-refractivity contribution < 1.29 is 4.79 Å². The maximum atomic E-state index is 13.0. The number of piperidine rings is 1. The van der Waals surface area contributed by atoms with Crippen LogP contribution >= 0.6 is 0 Å². The number of para-hydroxylation sites is 1. The molecule has 0 unspecified atom stereocenters. The Kier molecular flexibility index (Phi) is 7.88. The van der Waals surface area contributed by atoms with E-state index in [-0.39, 0.29) is 23.1 Å². The van der Waals surface area contributed by atoms with Crippen LogP contribution < -0.4 is 21.5 Å². The summed E-state index contributed by atoms with van der Waals surface area (Å²) in [6, 6.07) is 9.39. The van der Waals surface area contributed by atoms with Gasteiger partial charge in [0.05, 0.1) is 11.4 Å².